The quantitative estimate of drug-likeness (QED) is 0.665. The number of esters is 1. The fourth-order valence-electron chi connectivity index (χ4n) is 3.26. The molecule has 0 aromatic rings. The Balaban J connectivity index is 1.88. The molecule has 5 nitrogen and oxygen atoms in total. The molecule has 116 valence electrons. The van der Waals surface area contributed by atoms with Gasteiger partial charge in [-0.2, -0.15) is 0 Å². The molecule has 1 atom stereocenters. The van der Waals surface area contributed by atoms with Gasteiger partial charge in [0.25, 0.3) is 0 Å². The van der Waals surface area contributed by atoms with E-state index < -0.39 is 0 Å². The van der Waals surface area contributed by atoms with Crippen LogP contribution in [0.3, 0.4) is 0 Å². The normalized spacial score (nSPS) is 24.6. The molecule has 0 aromatic carbocycles. The smallest absolute Gasteiger partial charge is 0.306 e. The number of hydrogen-bond acceptors (Lipinski definition) is 5. The van der Waals surface area contributed by atoms with Crippen LogP contribution in [-0.4, -0.2) is 63.0 Å². The molecule has 1 aliphatic carbocycles. The highest BCUT2D eigenvalue weighted by Crippen LogP contribution is 2.43. The summed E-state index contributed by atoms with van der Waals surface area (Å²) in [6.45, 7) is 3.16. The molecule has 1 unspecified atom stereocenters. The van der Waals surface area contributed by atoms with Crippen molar-refractivity contribution in [1.82, 2.24) is 4.90 Å². The molecular formula is C15H27NO4. The predicted molar refractivity (Wildman–Crippen MR) is 75.6 cm³/mol. The SMILES string of the molecule is COCCN(CCC(=O)OC)C1CCOC2(CCC2)C1. The van der Waals surface area contributed by atoms with E-state index in [1.165, 1.54) is 26.4 Å². The highest BCUT2D eigenvalue weighted by molar-refractivity contribution is 5.69. The van der Waals surface area contributed by atoms with Crippen molar-refractivity contribution in [3.63, 3.8) is 0 Å². The van der Waals surface area contributed by atoms with Gasteiger partial charge in [-0.15, -0.1) is 0 Å². The fraction of sp³-hybridized carbons (Fsp3) is 0.933. The van der Waals surface area contributed by atoms with Crippen LogP contribution in [0.1, 0.15) is 38.5 Å². The zero-order valence-electron chi connectivity index (χ0n) is 12.7. The van der Waals surface area contributed by atoms with Gasteiger partial charge in [0.1, 0.15) is 0 Å². The van der Waals surface area contributed by atoms with E-state index in [9.17, 15) is 4.79 Å². The Morgan fingerprint density at radius 2 is 2.15 bits per heavy atom. The molecule has 0 N–H and O–H groups in total. The van der Waals surface area contributed by atoms with Gasteiger partial charge in [-0.1, -0.05) is 0 Å². The maximum Gasteiger partial charge on any atom is 0.306 e. The highest BCUT2D eigenvalue weighted by atomic mass is 16.5. The van der Waals surface area contributed by atoms with E-state index in [2.05, 4.69) is 4.90 Å². The van der Waals surface area contributed by atoms with Crippen molar-refractivity contribution in [1.29, 1.82) is 0 Å². The Hall–Kier alpha value is -0.650. The Morgan fingerprint density at radius 1 is 1.35 bits per heavy atom. The van der Waals surface area contributed by atoms with Crippen molar-refractivity contribution in [2.45, 2.75) is 50.2 Å². The van der Waals surface area contributed by atoms with Gasteiger partial charge in [-0.25, -0.2) is 0 Å². The van der Waals surface area contributed by atoms with Gasteiger partial charge in [0.2, 0.25) is 0 Å². The minimum absolute atomic E-state index is 0.138. The summed E-state index contributed by atoms with van der Waals surface area (Å²) in [7, 11) is 3.16. The minimum atomic E-state index is -0.141. The molecule has 20 heavy (non-hydrogen) atoms. The lowest BCUT2D eigenvalue weighted by Gasteiger charge is -2.49. The van der Waals surface area contributed by atoms with Crippen LogP contribution in [0, 0.1) is 0 Å². The summed E-state index contributed by atoms with van der Waals surface area (Å²) in [4.78, 5) is 13.7. The second-order valence-corrected chi connectivity index (χ2v) is 5.89. The van der Waals surface area contributed by atoms with Crippen molar-refractivity contribution >= 4 is 5.97 Å². The Bertz CT molecular complexity index is 317. The topological polar surface area (TPSA) is 48.0 Å². The van der Waals surface area contributed by atoms with Crippen LogP contribution < -0.4 is 0 Å². The highest BCUT2D eigenvalue weighted by Gasteiger charge is 2.43. The van der Waals surface area contributed by atoms with E-state index in [0.717, 1.165) is 32.5 Å². The summed E-state index contributed by atoms with van der Waals surface area (Å²) in [5, 5.41) is 0. The lowest BCUT2D eigenvalue weighted by Crippen LogP contribution is -2.53. The second kappa shape index (κ2) is 7.38. The molecule has 1 spiro atoms. The number of carbonyl (C=O) groups is 1. The van der Waals surface area contributed by atoms with Crippen LogP contribution in [0.15, 0.2) is 0 Å². The van der Waals surface area contributed by atoms with E-state index in [-0.39, 0.29) is 11.6 Å². The maximum atomic E-state index is 11.4. The lowest BCUT2D eigenvalue weighted by molar-refractivity contribution is -0.151. The third-order valence-corrected chi connectivity index (χ3v) is 4.66. The molecule has 0 bridgehead atoms. The van der Waals surface area contributed by atoms with Gasteiger partial charge < -0.3 is 14.2 Å². The van der Waals surface area contributed by atoms with Crippen molar-refractivity contribution in [3.8, 4) is 0 Å². The summed E-state index contributed by atoms with van der Waals surface area (Å²) < 4.78 is 15.9. The van der Waals surface area contributed by atoms with E-state index in [1.54, 1.807) is 7.11 Å². The van der Waals surface area contributed by atoms with E-state index >= 15 is 0 Å². The average Bonchev–Trinajstić information content (AvgIpc) is 2.45. The van der Waals surface area contributed by atoms with E-state index in [4.69, 9.17) is 14.2 Å². The first-order valence-electron chi connectivity index (χ1n) is 7.63. The molecule has 1 heterocycles. The maximum absolute atomic E-state index is 11.4. The molecule has 1 saturated heterocycles. The number of nitrogens with zero attached hydrogens (tertiary/aromatic N) is 1. The van der Waals surface area contributed by atoms with Crippen molar-refractivity contribution in [3.05, 3.63) is 0 Å². The zero-order valence-corrected chi connectivity index (χ0v) is 12.7. The predicted octanol–water partition coefficient (Wildman–Crippen LogP) is 1.60. The van der Waals surface area contributed by atoms with Gasteiger partial charge in [-0.3, -0.25) is 9.69 Å². The summed E-state index contributed by atoms with van der Waals surface area (Å²) in [5.41, 5.74) is 0.138. The molecule has 2 aliphatic rings. The monoisotopic (exact) mass is 285 g/mol. The third-order valence-electron chi connectivity index (χ3n) is 4.66. The van der Waals surface area contributed by atoms with Crippen LogP contribution in [-0.2, 0) is 19.0 Å². The summed E-state index contributed by atoms with van der Waals surface area (Å²) in [6.07, 6.45) is 6.26. The summed E-state index contributed by atoms with van der Waals surface area (Å²) in [5.74, 6) is -0.141. The standard InChI is InChI=1S/C15H27NO4/c1-18-11-9-16(8-4-14(17)19-2)13-5-10-20-15(12-13)6-3-7-15/h13H,3-12H2,1-2H3. The molecular weight excluding hydrogens is 258 g/mol. The molecule has 5 heteroatoms. The van der Waals surface area contributed by atoms with Crippen LogP contribution in [0.5, 0.6) is 0 Å². The van der Waals surface area contributed by atoms with Crippen LogP contribution >= 0.6 is 0 Å². The van der Waals surface area contributed by atoms with Crippen molar-refractivity contribution in [2.24, 2.45) is 0 Å². The van der Waals surface area contributed by atoms with Crippen LogP contribution in [0.2, 0.25) is 0 Å². The number of rotatable bonds is 7. The van der Waals surface area contributed by atoms with E-state index in [1.807, 2.05) is 0 Å². The number of methoxy groups -OCH3 is 2. The molecule has 1 saturated carbocycles. The van der Waals surface area contributed by atoms with E-state index in [0.29, 0.717) is 19.1 Å². The van der Waals surface area contributed by atoms with Gasteiger partial charge in [-0.05, 0) is 32.1 Å². The molecule has 2 fully saturated rings. The Morgan fingerprint density at radius 3 is 2.75 bits per heavy atom. The first kappa shape index (κ1) is 15.7. The largest absolute Gasteiger partial charge is 0.469 e. The number of ether oxygens (including phenoxy) is 3. The fourth-order valence-corrected chi connectivity index (χ4v) is 3.26. The average molecular weight is 285 g/mol. The Labute approximate surface area is 121 Å². The van der Waals surface area contributed by atoms with Gasteiger partial charge in [0.05, 0.1) is 25.7 Å². The first-order valence-corrected chi connectivity index (χ1v) is 7.63. The van der Waals surface area contributed by atoms with Crippen molar-refractivity contribution in [2.75, 3.05) is 40.5 Å². The lowest BCUT2D eigenvalue weighted by atomic mass is 9.73. The van der Waals surface area contributed by atoms with Gasteiger partial charge in [0, 0.05) is 32.8 Å². The zero-order chi connectivity index (χ0) is 14.4. The van der Waals surface area contributed by atoms with Gasteiger partial charge in [0.15, 0.2) is 0 Å². The van der Waals surface area contributed by atoms with Crippen LogP contribution in [0.25, 0.3) is 0 Å². The first-order chi connectivity index (χ1) is 9.69. The molecule has 0 radical (unpaired) electrons. The number of carbonyl (C=O) groups excluding carboxylic acids is 1. The van der Waals surface area contributed by atoms with Crippen LogP contribution in [0.4, 0.5) is 0 Å². The minimum Gasteiger partial charge on any atom is -0.469 e. The molecule has 0 amide bonds. The second-order valence-electron chi connectivity index (χ2n) is 5.89. The third kappa shape index (κ3) is 3.93. The Kier molecular flexibility index (Phi) is 5.81. The molecule has 2 rings (SSSR count). The molecule has 0 aromatic heterocycles. The van der Waals surface area contributed by atoms with Crippen molar-refractivity contribution < 1.29 is 19.0 Å². The number of hydrogen-bond donors (Lipinski definition) is 0. The summed E-state index contributed by atoms with van der Waals surface area (Å²) >= 11 is 0. The molecule has 1 aliphatic heterocycles. The van der Waals surface area contributed by atoms with Gasteiger partial charge >= 0.3 is 5.97 Å². The summed E-state index contributed by atoms with van der Waals surface area (Å²) in [6, 6.07) is 0.504.